The summed E-state index contributed by atoms with van der Waals surface area (Å²) in [5.74, 6) is 1.64. The quantitative estimate of drug-likeness (QED) is 0.395. The van der Waals surface area contributed by atoms with Crippen LogP contribution >= 0.6 is 0 Å². The number of amides is 2. The molecule has 0 aliphatic carbocycles. The number of nitrogens with zero attached hydrogens (tertiary/aromatic N) is 5. The average Bonchev–Trinajstić information content (AvgIpc) is 3.52. The second-order valence-electron chi connectivity index (χ2n) is 10.2. The Bertz CT molecular complexity index is 1420. The molecule has 3 aromatic heterocycles. The second-order valence-corrected chi connectivity index (χ2v) is 10.2. The third-order valence-corrected chi connectivity index (χ3v) is 5.61. The van der Waals surface area contributed by atoms with Crippen molar-refractivity contribution in [1.82, 2.24) is 25.5 Å². The second kappa shape index (κ2) is 10.0. The molecule has 1 atom stereocenters. The Morgan fingerprint density at radius 3 is 2.30 bits per heavy atom. The number of rotatable bonds is 7. The van der Waals surface area contributed by atoms with E-state index in [0.717, 1.165) is 11.1 Å². The number of benzene rings is 1. The molecule has 3 heterocycles. The van der Waals surface area contributed by atoms with Crippen LogP contribution in [0.25, 0.3) is 11.6 Å². The molecule has 0 spiro atoms. The maximum Gasteiger partial charge on any atom is 0.251 e. The Hall–Kier alpha value is -4.21. The molecule has 1 aromatic carbocycles. The summed E-state index contributed by atoms with van der Waals surface area (Å²) in [6.45, 7) is 12.9. The molecule has 0 aliphatic rings. The lowest BCUT2D eigenvalue weighted by atomic mass is 10.0. The molecule has 1 N–H and O–H groups in total. The molecule has 0 fully saturated rings. The first-order valence-corrected chi connectivity index (χ1v) is 12.0. The van der Waals surface area contributed by atoms with Crippen LogP contribution < -0.4 is 10.2 Å². The number of nitrogens with one attached hydrogen (secondary N) is 1. The Kier molecular flexibility index (Phi) is 7.02. The smallest absolute Gasteiger partial charge is 0.251 e. The predicted molar refractivity (Wildman–Crippen MR) is 138 cm³/mol. The minimum Gasteiger partial charge on any atom is -0.464 e. The van der Waals surface area contributed by atoms with Gasteiger partial charge in [0.15, 0.2) is 11.8 Å². The fraction of sp³-hybridized carbons (Fsp3) is 0.370. The Labute approximate surface area is 215 Å². The summed E-state index contributed by atoms with van der Waals surface area (Å²) in [5.41, 5.74) is 1.93. The first-order valence-electron chi connectivity index (χ1n) is 12.0. The lowest BCUT2D eigenvalue weighted by Gasteiger charge is -2.33. The van der Waals surface area contributed by atoms with Gasteiger partial charge in [-0.15, -0.1) is 10.2 Å². The first kappa shape index (κ1) is 25.9. The van der Waals surface area contributed by atoms with E-state index in [1.165, 1.54) is 9.70 Å². The minimum atomic E-state index is -1.06. The van der Waals surface area contributed by atoms with Gasteiger partial charge in [-0.1, -0.05) is 17.7 Å². The van der Waals surface area contributed by atoms with Crippen molar-refractivity contribution in [2.24, 2.45) is 0 Å². The average molecular weight is 505 g/mol. The van der Waals surface area contributed by atoms with Crippen LogP contribution in [-0.2, 0) is 16.1 Å². The van der Waals surface area contributed by atoms with Crippen molar-refractivity contribution < 1.29 is 18.4 Å². The summed E-state index contributed by atoms with van der Waals surface area (Å²) in [4.78, 5) is 30.3. The number of aryl methyl sites for hydroxylation is 4. The van der Waals surface area contributed by atoms with Crippen LogP contribution in [0.1, 0.15) is 55.2 Å². The van der Waals surface area contributed by atoms with Crippen LogP contribution in [0, 0.1) is 27.7 Å². The fourth-order valence-corrected chi connectivity index (χ4v) is 4.07. The minimum absolute atomic E-state index is 0.251. The molecule has 10 nitrogen and oxygen atoms in total. The van der Waals surface area contributed by atoms with Crippen LogP contribution in [0.2, 0.25) is 0 Å². The molecule has 10 heteroatoms. The van der Waals surface area contributed by atoms with Crippen molar-refractivity contribution in [3.8, 4) is 11.6 Å². The molecule has 4 rings (SSSR count). The zero-order chi connectivity index (χ0) is 26.9. The Morgan fingerprint density at radius 2 is 1.70 bits per heavy atom. The van der Waals surface area contributed by atoms with Crippen LogP contribution in [0.4, 0.5) is 5.69 Å². The van der Waals surface area contributed by atoms with Gasteiger partial charge in [0.2, 0.25) is 5.82 Å². The zero-order valence-electron chi connectivity index (χ0n) is 22.2. The highest BCUT2D eigenvalue weighted by atomic mass is 16.3. The van der Waals surface area contributed by atoms with E-state index >= 15 is 0 Å². The molecule has 2 amide bonds. The lowest BCUT2D eigenvalue weighted by Crippen LogP contribution is -2.50. The van der Waals surface area contributed by atoms with E-state index < -0.39 is 17.5 Å². The summed E-state index contributed by atoms with van der Waals surface area (Å²) < 4.78 is 11.5. The largest absolute Gasteiger partial charge is 0.464 e. The molecule has 0 saturated heterocycles. The van der Waals surface area contributed by atoms with E-state index in [1.807, 2.05) is 59.7 Å². The number of anilines is 1. The molecule has 4 aromatic rings. The highest BCUT2D eigenvalue weighted by Crippen LogP contribution is 2.32. The third kappa shape index (κ3) is 5.96. The number of aromatic nitrogens is 4. The van der Waals surface area contributed by atoms with Gasteiger partial charge in [-0.2, -0.15) is 4.80 Å². The van der Waals surface area contributed by atoms with E-state index in [0.29, 0.717) is 28.7 Å². The van der Waals surface area contributed by atoms with Gasteiger partial charge in [-0.05, 0) is 89.6 Å². The summed E-state index contributed by atoms with van der Waals surface area (Å²) in [6, 6.07) is 11.7. The van der Waals surface area contributed by atoms with Crippen molar-refractivity contribution in [3.05, 3.63) is 70.9 Å². The van der Waals surface area contributed by atoms with Crippen LogP contribution in [0.3, 0.4) is 0 Å². The van der Waals surface area contributed by atoms with Crippen LogP contribution in [0.5, 0.6) is 0 Å². The van der Waals surface area contributed by atoms with Gasteiger partial charge < -0.3 is 14.2 Å². The molecular weight excluding hydrogens is 472 g/mol. The van der Waals surface area contributed by atoms with Gasteiger partial charge in [-0.3, -0.25) is 14.5 Å². The van der Waals surface area contributed by atoms with Crippen molar-refractivity contribution in [1.29, 1.82) is 0 Å². The predicted octanol–water partition coefficient (Wildman–Crippen LogP) is 4.45. The summed E-state index contributed by atoms with van der Waals surface area (Å²) in [5, 5.41) is 15.4. The number of hydrogen-bond acceptors (Lipinski definition) is 7. The van der Waals surface area contributed by atoms with Crippen LogP contribution in [0.15, 0.2) is 51.3 Å². The molecule has 194 valence electrons. The lowest BCUT2D eigenvalue weighted by molar-refractivity contribution is -0.128. The molecule has 0 unspecified atom stereocenters. The number of tetrazole rings is 1. The van der Waals surface area contributed by atoms with Crippen molar-refractivity contribution in [3.63, 3.8) is 0 Å². The van der Waals surface area contributed by atoms with Gasteiger partial charge in [0, 0.05) is 11.2 Å². The van der Waals surface area contributed by atoms with Gasteiger partial charge in [-0.25, -0.2) is 0 Å². The number of carbonyl (C=O) groups excluding carboxylic acids is 2. The Balaban J connectivity index is 1.76. The topological polar surface area (TPSA) is 119 Å². The number of furan rings is 2. The monoisotopic (exact) mass is 504 g/mol. The zero-order valence-corrected chi connectivity index (χ0v) is 22.2. The van der Waals surface area contributed by atoms with E-state index in [9.17, 15) is 9.59 Å². The van der Waals surface area contributed by atoms with E-state index in [4.69, 9.17) is 8.83 Å². The standard InChI is InChI=1S/C27H32N6O4/c1-16-8-11-20(17(2)14-16)33(24(21-12-9-18(3)36-21)26(35)28-27(5,6)7)23(34)15-32-30-25(29-31-32)22-13-10-19(4)37-22/h8-14,24H,15H2,1-7H3,(H,28,35)/t24-/m0/s1. The maximum absolute atomic E-state index is 13.9. The molecular formula is C27H32N6O4. The van der Waals surface area contributed by atoms with Crippen molar-refractivity contribution >= 4 is 17.5 Å². The highest BCUT2D eigenvalue weighted by Gasteiger charge is 2.37. The molecule has 0 radical (unpaired) electrons. The van der Waals surface area contributed by atoms with Crippen molar-refractivity contribution in [2.45, 2.75) is 66.6 Å². The third-order valence-electron chi connectivity index (χ3n) is 5.61. The summed E-state index contributed by atoms with van der Waals surface area (Å²) in [7, 11) is 0. The molecule has 0 bridgehead atoms. The van der Waals surface area contributed by atoms with E-state index in [2.05, 4.69) is 20.7 Å². The van der Waals surface area contributed by atoms with Gasteiger partial charge in [0.05, 0.1) is 0 Å². The van der Waals surface area contributed by atoms with E-state index in [1.54, 1.807) is 31.2 Å². The van der Waals surface area contributed by atoms with Gasteiger partial charge >= 0.3 is 0 Å². The molecule has 0 aliphatic heterocycles. The van der Waals surface area contributed by atoms with Gasteiger partial charge in [0.1, 0.15) is 23.8 Å². The fourth-order valence-electron chi connectivity index (χ4n) is 4.07. The van der Waals surface area contributed by atoms with Gasteiger partial charge in [0.25, 0.3) is 11.8 Å². The normalized spacial score (nSPS) is 12.4. The SMILES string of the molecule is Cc1ccc(N(C(=O)Cn2nnc(-c3ccc(C)o3)n2)[C@H](C(=O)NC(C)(C)C)c2ccc(C)o2)c(C)c1. The molecule has 37 heavy (non-hydrogen) atoms. The van der Waals surface area contributed by atoms with E-state index in [-0.39, 0.29) is 18.3 Å². The summed E-state index contributed by atoms with van der Waals surface area (Å²) >= 11 is 0. The van der Waals surface area contributed by atoms with Crippen molar-refractivity contribution in [2.75, 3.05) is 4.90 Å². The number of hydrogen-bond donors (Lipinski definition) is 1. The Morgan fingerprint density at radius 1 is 1.00 bits per heavy atom. The molecule has 0 saturated carbocycles. The van der Waals surface area contributed by atoms with Crippen LogP contribution in [-0.4, -0.2) is 37.6 Å². The highest BCUT2D eigenvalue weighted by molar-refractivity contribution is 6.01. The first-order chi connectivity index (χ1) is 17.4. The number of carbonyl (C=O) groups is 2. The summed E-state index contributed by atoms with van der Waals surface area (Å²) in [6.07, 6.45) is 0. The maximum atomic E-state index is 13.9.